The standard InChI is InChI=1S/C19H25ClN4/c1-2-17-8-3-4-13-24(17)19-22-12-10-18(23-19)21-11-9-15-6-5-7-16(20)14-15/h5-7,10,12,14,17H,2-4,8-9,11,13H2,1H3,(H,21,22,23). The topological polar surface area (TPSA) is 41.1 Å². The van der Waals surface area contributed by atoms with Gasteiger partial charge in [0.1, 0.15) is 5.82 Å². The highest BCUT2D eigenvalue weighted by molar-refractivity contribution is 6.30. The van der Waals surface area contributed by atoms with Gasteiger partial charge in [-0.2, -0.15) is 4.98 Å². The molecule has 1 unspecified atom stereocenters. The fourth-order valence-electron chi connectivity index (χ4n) is 3.30. The number of aromatic nitrogens is 2. The predicted molar refractivity (Wildman–Crippen MR) is 101 cm³/mol. The molecule has 1 saturated heterocycles. The predicted octanol–water partition coefficient (Wildman–Crippen LogP) is 4.55. The van der Waals surface area contributed by atoms with E-state index >= 15 is 0 Å². The molecule has 128 valence electrons. The number of halogens is 1. The highest BCUT2D eigenvalue weighted by Gasteiger charge is 2.23. The van der Waals surface area contributed by atoms with Gasteiger partial charge in [-0.1, -0.05) is 30.7 Å². The van der Waals surface area contributed by atoms with Crippen LogP contribution in [0.5, 0.6) is 0 Å². The third kappa shape index (κ3) is 4.38. The molecule has 3 rings (SSSR count). The van der Waals surface area contributed by atoms with Gasteiger partial charge in [-0.15, -0.1) is 0 Å². The first-order chi connectivity index (χ1) is 11.8. The summed E-state index contributed by atoms with van der Waals surface area (Å²) in [6.45, 7) is 4.13. The molecule has 1 aromatic carbocycles. The van der Waals surface area contributed by atoms with Crippen molar-refractivity contribution in [2.45, 2.75) is 45.1 Å². The van der Waals surface area contributed by atoms with Crippen LogP contribution >= 0.6 is 11.6 Å². The van der Waals surface area contributed by atoms with Crippen molar-refractivity contribution in [1.82, 2.24) is 9.97 Å². The fourth-order valence-corrected chi connectivity index (χ4v) is 3.51. The number of benzene rings is 1. The molecular formula is C19H25ClN4. The van der Waals surface area contributed by atoms with Crippen LogP contribution in [0.2, 0.25) is 5.02 Å². The summed E-state index contributed by atoms with van der Waals surface area (Å²) < 4.78 is 0. The zero-order valence-electron chi connectivity index (χ0n) is 14.2. The van der Waals surface area contributed by atoms with Gasteiger partial charge in [0.15, 0.2) is 0 Å². The lowest BCUT2D eigenvalue weighted by Gasteiger charge is -2.35. The largest absolute Gasteiger partial charge is 0.370 e. The summed E-state index contributed by atoms with van der Waals surface area (Å²) >= 11 is 6.03. The van der Waals surface area contributed by atoms with Gasteiger partial charge >= 0.3 is 0 Å². The molecular weight excluding hydrogens is 320 g/mol. The quantitative estimate of drug-likeness (QED) is 0.834. The second kappa shape index (κ2) is 8.34. The van der Waals surface area contributed by atoms with E-state index in [4.69, 9.17) is 16.6 Å². The van der Waals surface area contributed by atoms with Crippen LogP contribution in [0.25, 0.3) is 0 Å². The zero-order valence-corrected chi connectivity index (χ0v) is 15.0. The van der Waals surface area contributed by atoms with E-state index in [0.717, 1.165) is 42.7 Å². The highest BCUT2D eigenvalue weighted by Crippen LogP contribution is 2.24. The summed E-state index contributed by atoms with van der Waals surface area (Å²) in [5.74, 6) is 1.75. The number of nitrogens with one attached hydrogen (secondary N) is 1. The second-order valence-corrected chi connectivity index (χ2v) is 6.74. The van der Waals surface area contributed by atoms with Crippen LogP contribution in [0.1, 0.15) is 38.2 Å². The van der Waals surface area contributed by atoms with Gasteiger partial charge in [-0.05, 0) is 55.9 Å². The Labute approximate surface area is 149 Å². The number of nitrogens with zero attached hydrogens (tertiary/aromatic N) is 3. The molecule has 5 heteroatoms. The third-order valence-electron chi connectivity index (χ3n) is 4.61. The van der Waals surface area contributed by atoms with E-state index in [9.17, 15) is 0 Å². The molecule has 2 aromatic rings. The van der Waals surface area contributed by atoms with E-state index in [1.165, 1.54) is 24.8 Å². The van der Waals surface area contributed by atoms with Crippen molar-refractivity contribution in [3.8, 4) is 0 Å². The maximum absolute atomic E-state index is 6.03. The Hall–Kier alpha value is -1.81. The molecule has 0 saturated carbocycles. The molecule has 0 aliphatic carbocycles. The molecule has 1 aliphatic rings. The molecule has 1 atom stereocenters. The van der Waals surface area contributed by atoms with Crippen LogP contribution in [-0.2, 0) is 6.42 Å². The SMILES string of the molecule is CCC1CCCCN1c1nccc(NCCc2cccc(Cl)c2)n1. The molecule has 1 fully saturated rings. The minimum Gasteiger partial charge on any atom is -0.370 e. The Morgan fingerprint density at radius 3 is 3.04 bits per heavy atom. The van der Waals surface area contributed by atoms with Crippen LogP contribution in [0.15, 0.2) is 36.5 Å². The van der Waals surface area contributed by atoms with Gasteiger partial charge in [0, 0.05) is 30.4 Å². The first kappa shape index (κ1) is 17.0. The number of piperidine rings is 1. The molecule has 24 heavy (non-hydrogen) atoms. The van der Waals surface area contributed by atoms with Crippen LogP contribution in [0.4, 0.5) is 11.8 Å². The molecule has 0 spiro atoms. The number of anilines is 2. The van der Waals surface area contributed by atoms with Gasteiger partial charge in [0.2, 0.25) is 5.95 Å². The Morgan fingerprint density at radius 1 is 1.29 bits per heavy atom. The van der Waals surface area contributed by atoms with E-state index in [2.05, 4.69) is 28.2 Å². The van der Waals surface area contributed by atoms with Gasteiger partial charge in [-0.3, -0.25) is 0 Å². The fraction of sp³-hybridized carbons (Fsp3) is 0.474. The summed E-state index contributed by atoms with van der Waals surface area (Å²) in [6.07, 6.45) is 7.70. The number of hydrogen-bond acceptors (Lipinski definition) is 4. The van der Waals surface area contributed by atoms with E-state index < -0.39 is 0 Å². The molecule has 0 amide bonds. The maximum Gasteiger partial charge on any atom is 0.227 e. The lowest BCUT2D eigenvalue weighted by atomic mass is 10.0. The minimum absolute atomic E-state index is 0.570. The second-order valence-electron chi connectivity index (χ2n) is 6.30. The van der Waals surface area contributed by atoms with Crippen LogP contribution < -0.4 is 10.2 Å². The Morgan fingerprint density at radius 2 is 2.21 bits per heavy atom. The summed E-state index contributed by atoms with van der Waals surface area (Å²) in [4.78, 5) is 11.6. The summed E-state index contributed by atoms with van der Waals surface area (Å²) in [7, 11) is 0. The van der Waals surface area contributed by atoms with Crippen molar-refractivity contribution in [2.24, 2.45) is 0 Å². The molecule has 4 nitrogen and oxygen atoms in total. The molecule has 0 radical (unpaired) electrons. The number of rotatable bonds is 6. The van der Waals surface area contributed by atoms with Crippen LogP contribution in [0.3, 0.4) is 0 Å². The average Bonchev–Trinajstić information content (AvgIpc) is 2.62. The van der Waals surface area contributed by atoms with Crippen molar-refractivity contribution < 1.29 is 0 Å². The Bertz CT molecular complexity index is 661. The molecule has 2 heterocycles. The molecule has 1 aliphatic heterocycles. The lowest BCUT2D eigenvalue weighted by Crippen LogP contribution is -2.40. The van der Waals surface area contributed by atoms with E-state index in [0.29, 0.717) is 6.04 Å². The smallest absolute Gasteiger partial charge is 0.227 e. The van der Waals surface area contributed by atoms with Crippen LogP contribution in [0, 0.1) is 0 Å². The number of hydrogen-bond donors (Lipinski definition) is 1. The summed E-state index contributed by atoms with van der Waals surface area (Å²) in [5, 5.41) is 4.19. The van der Waals surface area contributed by atoms with Crippen LogP contribution in [-0.4, -0.2) is 29.1 Å². The van der Waals surface area contributed by atoms with Crippen molar-refractivity contribution in [1.29, 1.82) is 0 Å². The third-order valence-corrected chi connectivity index (χ3v) is 4.84. The van der Waals surface area contributed by atoms with Gasteiger partial charge in [0.05, 0.1) is 0 Å². The van der Waals surface area contributed by atoms with Crippen molar-refractivity contribution in [2.75, 3.05) is 23.3 Å². The molecule has 1 N–H and O–H groups in total. The van der Waals surface area contributed by atoms with E-state index in [1.807, 2.05) is 30.5 Å². The van der Waals surface area contributed by atoms with Crippen molar-refractivity contribution in [3.05, 3.63) is 47.1 Å². The Balaban J connectivity index is 1.60. The maximum atomic E-state index is 6.03. The zero-order chi connectivity index (χ0) is 16.8. The monoisotopic (exact) mass is 344 g/mol. The summed E-state index contributed by atoms with van der Waals surface area (Å²) in [6, 6.07) is 10.5. The van der Waals surface area contributed by atoms with E-state index in [-0.39, 0.29) is 0 Å². The van der Waals surface area contributed by atoms with Gasteiger partial charge in [-0.25, -0.2) is 4.98 Å². The highest BCUT2D eigenvalue weighted by atomic mass is 35.5. The first-order valence-corrected chi connectivity index (χ1v) is 9.22. The minimum atomic E-state index is 0.570. The Kier molecular flexibility index (Phi) is 5.91. The normalized spacial score (nSPS) is 17.8. The van der Waals surface area contributed by atoms with Crippen molar-refractivity contribution >= 4 is 23.4 Å². The van der Waals surface area contributed by atoms with Crippen molar-refractivity contribution in [3.63, 3.8) is 0 Å². The lowest BCUT2D eigenvalue weighted by molar-refractivity contribution is 0.443. The average molecular weight is 345 g/mol. The summed E-state index contributed by atoms with van der Waals surface area (Å²) in [5.41, 5.74) is 1.23. The first-order valence-electron chi connectivity index (χ1n) is 8.84. The van der Waals surface area contributed by atoms with Gasteiger partial charge in [0.25, 0.3) is 0 Å². The molecule has 1 aromatic heterocycles. The van der Waals surface area contributed by atoms with Gasteiger partial charge < -0.3 is 10.2 Å². The molecule has 0 bridgehead atoms. The van der Waals surface area contributed by atoms with E-state index in [1.54, 1.807) is 0 Å².